The highest BCUT2D eigenvalue weighted by Gasteiger charge is 2.18. The Kier molecular flexibility index (Phi) is 11.4. The molecule has 0 aromatic heterocycles. The number of rotatable bonds is 12. The molecule has 0 bridgehead atoms. The zero-order chi connectivity index (χ0) is 27.2. The molecule has 1 fully saturated rings. The molecule has 1 heterocycles. The number of carbonyl (C=O) groups is 2. The Labute approximate surface area is 223 Å². The van der Waals surface area contributed by atoms with Gasteiger partial charge in [-0.2, -0.15) is 0 Å². The van der Waals surface area contributed by atoms with Crippen LogP contribution in [0, 0.1) is 0 Å². The number of nitrogens with zero attached hydrogens (tertiary/aromatic N) is 2. The summed E-state index contributed by atoms with van der Waals surface area (Å²) in [6, 6.07) is 13.7. The zero-order valence-corrected chi connectivity index (χ0v) is 22.0. The zero-order valence-electron chi connectivity index (χ0n) is 22.0. The number of piperazine rings is 1. The molecular weight excluding hydrogens is 488 g/mol. The van der Waals surface area contributed by atoms with E-state index in [-0.39, 0.29) is 6.61 Å². The van der Waals surface area contributed by atoms with Crippen LogP contribution >= 0.6 is 0 Å². The third-order valence-electron chi connectivity index (χ3n) is 5.70. The van der Waals surface area contributed by atoms with Gasteiger partial charge in [-0.3, -0.25) is 4.90 Å². The Morgan fingerprint density at radius 3 is 2.05 bits per heavy atom. The van der Waals surface area contributed by atoms with Crippen molar-refractivity contribution in [2.45, 2.75) is 0 Å². The molecule has 1 aliphatic rings. The molecule has 2 aromatic rings. The van der Waals surface area contributed by atoms with E-state index in [1.807, 2.05) is 18.2 Å². The molecule has 0 saturated carbocycles. The Hall–Kier alpha value is -4.08. The van der Waals surface area contributed by atoms with Crippen molar-refractivity contribution in [1.29, 1.82) is 0 Å². The number of hydrogen-bond acceptors (Lipinski definition) is 9. The molecule has 3 rings (SSSR count). The van der Waals surface area contributed by atoms with Crippen molar-refractivity contribution in [3.8, 4) is 17.2 Å². The molecule has 202 valence electrons. The molecule has 9 nitrogen and oxygen atoms in total. The highest BCUT2D eigenvalue weighted by molar-refractivity contribution is 5.91. The van der Waals surface area contributed by atoms with E-state index in [0.717, 1.165) is 37.3 Å². The molecule has 9 heteroatoms. The van der Waals surface area contributed by atoms with E-state index < -0.39 is 11.9 Å². The lowest BCUT2D eigenvalue weighted by atomic mass is 10.1. The fourth-order valence-corrected chi connectivity index (χ4v) is 3.76. The van der Waals surface area contributed by atoms with Gasteiger partial charge < -0.3 is 23.8 Å². The first-order valence-corrected chi connectivity index (χ1v) is 12.2. The summed E-state index contributed by atoms with van der Waals surface area (Å²) in [5.74, 6) is 0.268. The lowest BCUT2D eigenvalue weighted by Crippen LogP contribution is -2.46. The summed E-state index contributed by atoms with van der Waals surface area (Å²) in [4.78, 5) is 31.6. The second-order valence-electron chi connectivity index (χ2n) is 8.28. The van der Waals surface area contributed by atoms with E-state index in [9.17, 15) is 9.59 Å². The molecule has 0 radical (unpaired) electrons. The van der Waals surface area contributed by atoms with Gasteiger partial charge in [0.05, 0.1) is 21.3 Å². The first kappa shape index (κ1) is 28.5. The average Bonchev–Trinajstić information content (AvgIpc) is 2.95. The summed E-state index contributed by atoms with van der Waals surface area (Å²) in [5, 5.41) is 1.61. The predicted molar refractivity (Wildman–Crippen MR) is 145 cm³/mol. The molecule has 0 amide bonds. The third kappa shape index (κ3) is 9.10. The average molecular weight is 523 g/mol. The molecule has 2 aromatic carbocycles. The van der Waals surface area contributed by atoms with Gasteiger partial charge in [-0.25, -0.2) is 9.59 Å². The SMILES string of the molecule is COc1cc(/C=C/COC(=O)/C=C\C(=O)ON2CCN(C/C=C/c3ccccc3)CC2)cc(OC)c1OC. The van der Waals surface area contributed by atoms with Crippen LogP contribution in [0.5, 0.6) is 17.2 Å². The fraction of sp³-hybridized carbons (Fsp3) is 0.310. The maximum Gasteiger partial charge on any atom is 0.349 e. The minimum Gasteiger partial charge on any atom is -0.493 e. The maximum absolute atomic E-state index is 12.1. The standard InChI is InChI=1S/C29H34N2O7/c1-34-25-21-24(22-26(35-2)29(25)36-3)12-8-20-37-27(32)13-14-28(33)38-31-18-16-30(17-19-31)15-7-11-23-9-5-4-6-10-23/h4-14,21-22H,15-20H2,1-3H3/b11-7+,12-8+,14-13-. The minimum absolute atomic E-state index is 0.0234. The summed E-state index contributed by atoms with van der Waals surface area (Å²) >= 11 is 0. The Morgan fingerprint density at radius 2 is 1.42 bits per heavy atom. The number of hydroxylamine groups is 2. The van der Waals surface area contributed by atoms with Crippen LogP contribution in [0.25, 0.3) is 12.2 Å². The molecule has 1 saturated heterocycles. The van der Waals surface area contributed by atoms with Gasteiger partial charge in [0.2, 0.25) is 5.75 Å². The van der Waals surface area contributed by atoms with Gasteiger partial charge in [0.25, 0.3) is 0 Å². The lowest BCUT2D eigenvalue weighted by molar-refractivity contribution is -0.191. The van der Waals surface area contributed by atoms with Crippen LogP contribution < -0.4 is 14.2 Å². The van der Waals surface area contributed by atoms with Crippen molar-refractivity contribution in [2.24, 2.45) is 0 Å². The van der Waals surface area contributed by atoms with Crippen LogP contribution in [0.2, 0.25) is 0 Å². The normalized spacial score (nSPS) is 14.7. The molecule has 38 heavy (non-hydrogen) atoms. The van der Waals surface area contributed by atoms with Crippen LogP contribution in [-0.2, 0) is 19.2 Å². The second kappa shape index (κ2) is 15.2. The molecule has 0 aliphatic carbocycles. The van der Waals surface area contributed by atoms with E-state index in [1.54, 1.807) is 29.3 Å². The molecule has 1 aliphatic heterocycles. The van der Waals surface area contributed by atoms with Gasteiger partial charge in [0, 0.05) is 44.9 Å². The highest BCUT2D eigenvalue weighted by Crippen LogP contribution is 2.38. The van der Waals surface area contributed by atoms with Gasteiger partial charge >= 0.3 is 11.9 Å². The second-order valence-corrected chi connectivity index (χ2v) is 8.28. The third-order valence-corrected chi connectivity index (χ3v) is 5.70. The monoisotopic (exact) mass is 522 g/mol. The van der Waals surface area contributed by atoms with Crippen LogP contribution in [-0.4, -0.2) is 82.6 Å². The van der Waals surface area contributed by atoms with Crippen LogP contribution in [0.3, 0.4) is 0 Å². The van der Waals surface area contributed by atoms with E-state index in [1.165, 1.54) is 26.9 Å². The number of methoxy groups -OCH3 is 3. The van der Waals surface area contributed by atoms with Gasteiger partial charge in [-0.05, 0) is 29.3 Å². The molecule has 0 N–H and O–H groups in total. The van der Waals surface area contributed by atoms with Crippen molar-refractivity contribution < 1.29 is 33.4 Å². The number of ether oxygens (including phenoxy) is 4. The number of hydrogen-bond donors (Lipinski definition) is 0. The summed E-state index contributed by atoms with van der Waals surface area (Å²) in [7, 11) is 4.61. The van der Waals surface area contributed by atoms with Crippen LogP contribution in [0.15, 0.2) is 66.8 Å². The number of carbonyl (C=O) groups excluding carboxylic acids is 2. The molecule has 0 unspecified atom stereocenters. The van der Waals surface area contributed by atoms with E-state index in [0.29, 0.717) is 30.3 Å². The number of benzene rings is 2. The summed E-state index contributed by atoms with van der Waals surface area (Å²) in [6.45, 7) is 3.59. The maximum atomic E-state index is 12.1. The van der Waals surface area contributed by atoms with E-state index in [4.69, 9.17) is 23.8 Å². The van der Waals surface area contributed by atoms with E-state index in [2.05, 4.69) is 29.2 Å². The molecule has 0 spiro atoms. The van der Waals surface area contributed by atoms with Crippen LogP contribution in [0.4, 0.5) is 0 Å². The Bertz CT molecular complexity index is 1110. The quantitative estimate of drug-likeness (QED) is 0.306. The van der Waals surface area contributed by atoms with Crippen molar-refractivity contribution in [1.82, 2.24) is 9.96 Å². The van der Waals surface area contributed by atoms with E-state index >= 15 is 0 Å². The van der Waals surface area contributed by atoms with Crippen molar-refractivity contribution >= 4 is 24.1 Å². The largest absolute Gasteiger partial charge is 0.493 e. The fourth-order valence-electron chi connectivity index (χ4n) is 3.76. The first-order valence-electron chi connectivity index (χ1n) is 12.2. The Balaban J connectivity index is 1.35. The minimum atomic E-state index is -0.647. The molecule has 0 atom stereocenters. The van der Waals surface area contributed by atoms with Crippen molar-refractivity contribution in [3.05, 3.63) is 77.9 Å². The lowest BCUT2D eigenvalue weighted by Gasteiger charge is -2.32. The van der Waals surface area contributed by atoms with Gasteiger partial charge in [-0.1, -0.05) is 48.6 Å². The topological polar surface area (TPSA) is 86.8 Å². The smallest absolute Gasteiger partial charge is 0.349 e. The van der Waals surface area contributed by atoms with Crippen molar-refractivity contribution in [3.63, 3.8) is 0 Å². The highest BCUT2D eigenvalue weighted by atomic mass is 16.7. The van der Waals surface area contributed by atoms with Gasteiger partial charge in [-0.15, -0.1) is 5.06 Å². The number of esters is 1. The van der Waals surface area contributed by atoms with Crippen molar-refractivity contribution in [2.75, 3.05) is 60.7 Å². The van der Waals surface area contributed by atoms with Gasteiger partial charge in [0.1, 0.15) is 6.61 Å². The summed E-state index contributed by atoms with van der Waals surface area (Å²) in [5.41, 5.74) is 1.95. The van der Waals surface area contributed by atoms with Crippen LogP contribution in [0.1, 0.15) is 11.1 Å². The summed E-state index contributed by atoms with van der Waals surface area (Å²) in [6.07, 6.45) is 9.78. The first-order chi connectivity index (χ1) is 18.5. The van der Waals surface area contributed by atoms with Gasteiger partial charge in [0.15, 0.2) is 11.5 Å². The summed E-state index contributed by atoms with van der Waals surface area (Å²) < 4.78 is 21.1. The Morgan fingerprint density at radius 1 is 0.789 bits per heavy atom. The predicted octanol–water partition coefficient (Wildman–Crippen LogP) is 3.61. The molecular formula is C29H34N2O7.